The van der Waals surface area contributed by atoms with Crippen molar-refractivity contribution in [3.63, 3.8) is 0 Å². The quantitative estimate of drug-likeness (QED) is 0.410. The molecule has 2 saturated heterocycles. The first-order chi connectivity index (χ1) is 22.0. The summed E-state index contributed by atoms with van der Waals surface area (Å²) in [6.07, 6.45) is 4.51. The lowest BCUT2D eigenvalue weighted by atomic mass is 9.58. The van der Waals surface area contributed by atoms with Crippen LogP contribution in [0.5, 0.6) is 0 Å². The molecule has 46 heavy (non-hydrogen) atoms. The number of amides is 2. The van der Waals surface area contributed by atoms with Gasteiger partial charge in [0, 0.05) is 63.3 Å². The molecule has 248 valence electrons. The van der Waals surface area contributed by atoms with E-state index in [1.807, 2.05) is 18.2 Å². The monoisotopic (exact) mass is 632 g/mol. The standard InChI is InChI=1S/C36H49FN6O3/c1-40(2)24-36(28-8-6-9-29(37)18-28,32-10-7-11-33(32)39-35(45)46-5)27-14-16-42(17-15-27)21-25-22-43(23-25)30-13-12-26(20-38)31(19-30)34(44)41(3)4/h6,8-9,12-13,18-19,25,27,32-33H,7,10-11,14-17,21-24H2,1-5H3,(H,39,45)/t32-,33-,36-/m0/s1. The molecule has 3 atom stereocenters. The number of alkyl carbamates (subject to hydrolysis) is 1. The number of halogens is 1. The number of nitrogens with one attached hydrogen (secondary N) is 1. The molecule has 2 aromatic rings. The minimum Gasteiger partial charge on any atom is -0.453 e. The highest BCUT2D eigenvalue weighted by Crippen LogP contribution is 2.51. The first-order valence-electron chi connectivity index (χ1n) is 16.5. The number of nitriles is 1. The second-order valence-corrected chi connectivity index (χ2v) is 14.0. The predicted octanol–water partition coefficient (Wildman–Crippen LogP) is 4.57. The number of hydrogen-bond donors (Lipinski definition) is 1. The van der Waals surface area contributed by atoms with E-state index in [0.29, 0.717) is 23.0 Å². The number of carbonyl (C=O) groups is 2. The van der Waals surface area contributed by atoms with Crippen molar-refractivity contribution in [1.82, 2.24) is 20.0 Å². The Labute approximate surface area is 273 Å². The number of likely N-dealkylation sites (N-methyl/N-ethyl adjacent to an activating group) is 1. The van der Waals surface area contributed by atoms with E-state index in [2.05, 4.69) is 46.2 Å². The summed E-state index contributed by atoms with van der Waals surface area (Å²) in [5.74, 6) is 0.653. The van der Waals surface area contributed by atoms with Gasteiger partial charge in [0.1, 0.15) is 5.82 Å². The average molecular weight is 633 g/mol. The van der Waals surface area contributed by atoms with Crippen molar-refractivity contribution in [2.45, 2.75) is 43.6 Å². The van der Waals surface area contributed by atoms with Crippen molar-refractivity contribution >= 4 is 17.7 Å². The first kappa shape index (κ1) is 33.7. The van der Waals surface area contributed by atoms with Crippen LogP contribution < -0.4 is 10.2 Å². The van der Waals surface area contributed by atoms with Crippen LogP contribution in [0.4, 0.5) is 14.9 Å². The van der Waals surface area contributed by atoms with E-state index >= 15 is 0 Å². The molecule has 2 aliphatic heterocycles. The molecule has 0 spiro atoms. The van der Waals surface area contributed by atoms with Crippen LogP contribution in [0, 0.1) is 34.9 Å². The number of benzene rings is 2. The van der Waals surface area contributed by atoms with Crippen molar-refractivity contribution in [3.05, 3.63) is 65.0 Å². The summed E-state index contributed by atoms with van der Waals surface area (Å²) in [6.45, 7) is 5.58. The van der Waals surface area contributed by atoms with E-state index in [1.165, 1.54) is 18.1 Å². The molecule has 5 rings (SSSR count). The Balaban J connectivity index is 1.28. The molecule has 2 heterocycles. The number of hydrogen-bond acceptors (Lipinski definition) is 7. The molecular formula is C36H49FN6O3. The van der Waals surface area contributed by atoms with Crippen LogP contribution >= 0.6 is 0 Å². The molecule has 2 amide bonds. The molecule has 3 fully saturated rings. The van der Waals surface area contributed by atoms with Crippen molar-refractivity contribution in [2.24, 2.45) is 17.8 Å². The normalized spacial score (nSPS) is 22.2. The van der Waals surface area contributed by atoms with Gasteiger partial charge in [-0.2, -0.15) is 5.26 Å². The lowest BCUT2D eigenvalue weighted by Crippen LogP contribution is -2.58. The molecule has 0 unspecified atom stereocenters. The Kier molecular flexibility index (Phi) is 10.5. The van der Waals surface area contributed by atoms with E-state index in [1.54, 1.807) is 26.2 Å². The molecule has 3 aliphatic rings. The van der Waals surface area contributed by atoms with Gasteiger partial charge >= 0.3 is 6.09 Å². The summed E-state index contributed by atoms with van der Waals surface area (Å²) in [5, 5.41) is 12.6. The fraction of sp³-hybridized carbons (Fsp3) is 0.583. The van der Waals surface area contributed by atoms with Gasteiger partial charge in [0.15, 0.2) is 0 Å². The number of likely N-dealkylation sites (tertiary alicyclic amines) is 1. The molecular weight excluding hydrogens is 583 g/mol. The highest BCUT2D eigenvalue weighted by atomic mass is 19.1. The van der Waals surface area contributed by atoms with Gasteiger partial charge in [-0.15, -0.1) is 0 Å². The fourth-order valence-corrected chi connectivity index (χ4v) is 8.49. The number of piperidine rings is 1. The fourth-order valence-electron chi connectivity index (χ4n) is 8.49. The van der Waals surface area contributed by atoms with Gasteiger partial charge in [-0.05, 0) is 101 Å². The van der Waals surface area contributed by atoms with Gasteiger partial charge in [-0.1, -0.05) is 18.6 Å². The first-order valence-corrected chi connectivity index (χ1v) is 16.5. The molecule has 1 N–H and O–H groups in total. The maximum Gasteiger partial charge on any atom is 0.407 e. The SMILES string of the molecule is COC(=O)N[C@H]1CCC[C@@H]1[C@](CN(C)C)(c1cccc(F)c1)C1CCN(CC2CN(c3ccc(C#N)c(C(=O)N(C)C)c3)C2)CC1. The number of methoxy groups -OCH3 is 1. The van der Waals surface area contributed by atoms with Gasteiger partial charge in [-0.3, -0.25) is 4.79 Å². The maximum atomic E-state index is 14.8. The van der Waals surface area contributed by atoms with Gasteiger partial charge in [-0.25, -0.2) is 9.18 Å². The van der Waals surface area contributed by atoms with Crippen LogP contribution in [-0.2, 0) is 10.2 Å². The summed E-state index contributed by atoms with van der Waals surface area (Å²) < 4.78 is 19.8. The predicted molar refractivity (Wildman–Crippen MR) is 177 cm³/mol. The van der Waals surface area contributed by atoms with Crippen molar-refractivity contribution in [2.75, 3.05) is 79.5 Å². The Bertz CT molecular complexity index is 1430. The third kappa shape index (κ3) is 7.01. The molecule has 1 saturated carbocycles. The van der Waals surface area contributed by atoms with Crippen molar-refractivity contribution in [3.8, 4) is 6.07 Å². The minimum atomic E-state index is -0.402. The molecule has 1 aliphatic carbocycles. The molecule has 0 radical (unpaired) electrons. The Morgan fingerprint density at radius 3 is 2.43 bits per heavy atom. The number of anilines is 1. The van der Waals surface area contributed by atoms with E-state index in [9.17, 15) is 19.2 Å². The third-order valence-corrected chi connectivity index (χ3v) is 10.5. The van der Waals surface area contributed by atoms with Crippen molar-refractivity contribution in [1.29, 1.82) is 5.26 Å². The zero-order valence-electron chi connectivity index (χ0n) is 28.0. The van der Waals surface area contributed by atoms with Crippen LogP contribution in [0.25, 0.3) is 0 Å². The van der Waals surface area contributed by atoms with E-state index in [0.717, 1.165) is 82.6 Å². The topological polar surface area (TPSA) is 92.1 Å². The van der Waals surface area contributed by atoms with Crippen LogP contribution in [-0.4, -0.2) is 107 Å². The third-order valence-electron chi connectivity index (χ3n) is 10.5. The Hall–Kier alpha value is -3.68. The largest absolute Gasteiger partial charge is 0.453 e. The van der Waals surface area contributed by atoms with Gasteiger partial charge in [0.05, 0.1) is 24.3 Å². The second-order valence-electron chi connectivity index (χ2n) is 14.0. The van der Waals surface area contributed by atoms with Crippen LogP contribution in [0.2, 0.25) is 0 Å². The highest BCUT2D eigenvalue weighted by Gasteiger charge is 2.52. The summed E-state index contributed by atoms with van der Waals surface area (Å²) in [6, 6.07) is 14.8. The number of rotatable bonds is 10. The molecule has 10 heteroatoms. The van der Waals surface area contributed by atoms with Crippen LogP contribution in [0.3, 0.4) is 0 Å². The van der Waals surface area contributed by atoms with Gasteiger partial charge in [0.2, 0.25) is 0 Å². The number of carbonyl (C=O) groups excluding carboxylic acids is 2. The lowest BCUT2D eigenvalue weighted by Gasteiger charge is -2.52. The number of ether oxygens (including phenoxy) is 1. The average Bonchev–Trinajstić information content (AvgIpc) is 3.49. The van der Waals surface area contributed by atoms with Gasteiger partial charge < -0.3 is 29.7 Å². The smallest absolute Gasteiger partial charge is 0.407 e. The zero-order chi connectivity index (χ0) is 33.0. The summed E-state index contributed by atoms with van der Waals surface area (Å²) in [4.78, 5) is 33.6. The van der Waals surface area contributed by atoms with Gasteiger partial charge in [0.25, 0.3) is 5.91 Å². The summed E-state index contributed by atoms with van der Waals surface area (Å²) in [7, 11) is 9.00. The van der Waals surface area contributed by atoms with Crippen LogP contribution in [0.1, 0.15) is 53.6 Å². The summed E-state index contributed by atoms with van der Waals surface area (Å²) >= 11 is 0. The second kappa shape index (κ2) is 14.4. The molecule has 2 aromatic carbocycles. The van der Waals surface area contributed by atoms with E-state index in [4.69, 9.17) is 4.74 Å². The minimum absolute atomic E-state index is 0.0228. The zero-order valence-corrected chi connectivity index (χ0v) is 28.0. The number of nitrogens with zero attached hydrogens (tertiary/aromatic N) is 5. The maximum absolute atomic E-state index is 14.8. The van der Waals surface area contributed by atoms with Crippen molar-refractivity contribution < 1.29 is 18.7 Å². The Morgan fingerprint density at radius 2 is 1.80 bits per heavy atom. The Morgan fingerprint density at radius 1 is 1.07 bits per heavy atom. The molecule has 9 nitrogen and oxygen atoms in total. The summed E-state index contributed by atoms with van der Waals surface area (Å²) in [5.41, 5.74) is 2.55. The lowest BCUT2D eigenvalue weighted by molar-refractivity contribution is 0.0488. The van der Waals surface area contributed by atoms with E-state index in [-0.39, 0.29) is 29.1 Å². The molecule has 0 bridgehead atoms. The highest BCUT2D eigenvalue weighted by molar-refractivity contribution is 5.97. The van der Waals surface area contributed by atoms with E-state index < -0.39 is 6.09 Å². The molecule has 0 aromatic heterocycles. The van der Waals surface area contributed by atoms with Crippen LogP contribution in [0.15, 0.2) is 42.5 Å².